The van der Waals surface area contributed by atoms with Gasteiger partial charge in [0.05, 0.1) is 4.47 Å². The van der Waals surface area contributed by atoms with Gasteiger partial charge in [0.15, 0.2) is 0 Å². The number of nitrogens with two attached hydrogens (primary N) is 1. The van der Waals surface area contributed by atoms with Gasteiger partial charge in [0.2, 0.25) is 0 Å². The summed E-state index contributed by atoms with van der Waals surface area (Å²) in [5.74, 6) is 0.649. The third-order valence-corrected chi connectivity index (χ3v) is 3.34. The lowest BCUT2D eigenvalue weighted by atomic mass is 10.0. The van der Waals surface area contributed by atoms with Crippen LogP contribution in [0.1, 0.15) is 37.3 Å². The highest BCUT2D eigenvalue weighted by Crippen LogP contribution is 2.34. The number of halogens is 1. The van der Waals surface area contributed by atoms with E-state index in [0.717, 1.165) is 10.2 Å². The summed E-state index contributed by atoms with van der Waals surface area (Å²) in [7, 11) is 0. The Labute approximate surface area is 86.7 Å². The molecule has 1 fully saturated rings. The van der Waals surface area contributed by atoms with E-state index in [4.69, 9.17) is 5.73 Å². The predicted molar refractivity (Wildman–Crippen MR) is 57.6 cm³/mol. The SMILES string of the molecule is Nc1cc(C2CCCC2)ncc1Br. The quantitative estimate of drug-likeness (QED) is 0.820. The number of rotatable bonds is 1. The van der Waals surface area contributed by atoms with Gasteiger partial charge >= 0.3 is 0 Å². The van der Waals surface area contributed by atoms with Crippen LogP contribution in [0.3, 0.4) is 0 Å². The average molecular weight is 241 g/mol. The molecule has 2 nitrogen and oxygen atoms in total. The third-order valence-electron chi connectivity index (χ3n) is 2.68. The maximum atomic E-state index is 5.80. The molecule has 2 N–H and O–H groups in total. The minimum absolute atomic E-state index is 0.649. The second-order valence-electron chi connectivity index (χ2n) is 3.61. The van der Waals surface area contributed by atoms with Crippen molar-refractivity contribution in [1.29, 1.82) is 0 Å². The lowest BCUT2D eigenvalue weighted by Gasteiger charge is -2.09. The third kappa shape index (κ3) is 1.85. The van der Waals surface area contributed by atoms with Crippen LogP contribution < -0.4 is 5.73 Å². The van der Waals surface area contributed by atoms with E-state index in [0.29, 0.717) is 5.92 Å². The summed E-state index contributed by atoms with van der Waals surface area (Å²) in [5.41, 5.74) is 7.77. The maximum Gasteiger partial charge on any atom is 0.0588 e. The minimum atomic E-state index is 0.649. The molecule has 0 saturated heterocycles. The van der Waals surface area contributed by atoms with E-state index in [1.165, 1.54) is 31.4 Å². The van der Waals surface area contributed by atoms with Gasteiger partial charge in [0, 0.05) is 23.5 Å². The van der Waals surface area contributed by atoms with Gasteiger partial charge in [-0.05, 0) is 34.8 Å². The smallest absolute Gasteiger partial charge is 0.0588 e. The van der Waals surface area contributed by atoms with Crippen LogP contribution >= 0.6 is 15.9 Å². The summed E-state index contributed by atoms with van der Waals surface area (Å²) < 4.78 is 0.897. The Morgan fingerprint density at radius 1 is 1.38 bits per heavy atom. The van der Waals surface area contributed by atoms with Crippen LogP contribution in [0.4, 0.5) is 5.69 Å². The Morgan fingerprint density at radius 3 is 2.69 bits per heavy atom. The molecule has 2 rings (SSSR count). The second-order valence-corrected chi connectivity index (χ2v) is 4.47. The van der Waals surface area contributed by atoms with E-state index in [2.05, 4.69) is 20.9 Å². The Bertz CT molecular complexity index is 306. The molecule has 13 heavy (non-hydrogen) atoms. The van der Waals surface area contributed by atoms with Crippen LogP contribution in [0.25, 0.3) is 0 Å². The molecule has 3 heteroatoms. The molecule has 70 valence electrons. The topological polar surface area (TPSA) is 38.9 Å². The first-order chi connectivity index (χ1) is 6.27. The monoisotopic (exact) mass is 240 g/mol. The van der Waals surface area contributed by atoms with E-state index in [-0.39, 0.29) is 0 Å². The predicted octanol–water partition coefficient (Wildman–Crippen LogP) is 3.08. The van der Waals surface area contributed by atoms with Gasteiger partial charge in [-0.2, -0.15) is 0 Å². The van der Waals surface area contributed by atoms with E-state index in [9.17, 15) is 0 Å². The first kappa shape index (κ1) is 9.00. The number of hydrogen-bond donors (Lipinski definition) is 1. The maximum absolute atomic E-state index is 5.80. The summed E-state index contributed by atoms with van der Waals surface area (Å²) in [4.78, 5) is 4.39. The fourth-order valence-electron chi connectivity index (χ4n) is 1.92. The molecule has 0 spiro atoms. The zero-order chi connectivity index (χ0) is 9.26. The molecule has 0 bridgehead atoms. The molecule has 0 unspecified atom stereocenters. The van der Waals surface area contributed by atoms with Crippen molar-refractivity contribution < 1.29 is 0 Å². The highest BCUT2D eigenvalue weighted by molar-refractivity contribution is 9.10. The fourth-order valence-corrected chi connectivity index (χ4v) is 2.13. The van der Waals surface area contributed by atoms with Crippen LogP contribution in [0.5, 0.6) is 0 Å². The second kappa shape index (κ2) is 3.66. The van der Waals surface area contributed by atoms with Crippen molar-refractivity contribution in [2.45, 2.75) is 31.6 Å². The zero-order valence-electron chi connectivity index (χ0n) is 7.46. The van der Waals surface area contributed by atoms with Gasteiger partial charge in [0.1, 0.15) is 0 Å². The highest BCUT2D eigenvalue weighted by atomic mass is 79.9. The normalized spacial score (nSPS) is 17.9. The van der Waals surface area contributed by atoms with Crippen molar-refractivity contribution in [2.75, 3.05) is 5.73 Å². The summed E-state index contributed by atoms with van der Waals surface area (Å²) in [6.07, 6.45) is 7.02. The minimum Gasteiger partial charge on any atom is -0.398 e. The van der Waals surface area contributed by atoms with Crippen LogP contribution in [-0.2, 0) is 0 Å². The van der Waals surface area contributed by atoms with Gasteiger partial charge < -0.3 is 5.73 Å². The highest BCUT2D eigenvalue weighted by Gasteiger charge is 2.18. The number of nitrogen functional groups attached to an aromatic ring is 1. The lowest BCUT2D eigenvalue weighted by Crippen LogP contribution is -1.98. The van der Waals surface area contributed by atoms with Crippen molar-refractivity contribution in [2.24, 2.45) is 0 Å². The Hall–Kier alpha value is -0.570. The van der Waals surface area contributed by atoms with Crippen molar-refractivity contribution in [3.8, 4) is 0 Å². The van der Waals surface area contributed by atoms with Crippen molar-refractivity contribution in [3.05, 3.63) is 22.4 Å². The molecule has 1 saturated carbocycles. The molecule has 1 heterocycles. The van der Waals surface area contributed by atoms with Gasteiger partial charge in [-0.25, -0.2) is 0 Å². The Balaban J connectivity index is 2.25. The Morgan fingerprint density at radius 2 is 2.08 bits per heavy atom. The Kier molecular flexibility index (Phi) is 2.54. The van der Waals surface area contributed by atoms with Crippen molar-refractivity contribution in [1.82, 2.24) is 4.98 Å². The molecule has 0 atom stereocenters. The largest absolute Gasteiger partial charge is 0.398 e. The molecule has 0 aliphatic heterocycles. The number of aromatic nitrogens is 1. The summed E-state index contributed by atoms with van der Waals surface area (Å²) in [6, 6.07) is 2.00. The number of pyridine rings is 1. The van der Waals surface area contributed by atoms with Crippen LogP contribution in [0, 0.1) is 0 Å². The molecule has 1 aromatic heterocycles. The van der Waals surface area contributed by atoms with Crippen LogP contribution in [-0.4, -0.2) is 4.98 Å². The average Bonchev–Trinajstić information content (AvgIpc) is 2.62. The molecule has 0 radical (unpaired) electrons. The van der Waals surface area contributed by atoms with Crippen LogP contribution in [0.15, 0.2) is 16.7 Å². The van der Waals surface area contributed by atoms with Gasteiger partial charge in [-0.15, -0.1) is 0 Å². The standard InChI is InChI=1S/C10H13BrN2/c11-8-6-13-10(5-9(8)12)7-3-1-2-4-7/h5-7H,1-4H2,(H2,12,13). The lowest BCUT2D eigenvalue weighted by molar-refractivity contribution is 0.697. The summed E-state index contributed by atoms with van der Waals surface area (Å²) in [6.45, 7) is 0. The zero-order valence-corrected chi connectivity index (χ0v) is 9.05. The number of hydrogen-bond acceptors (Lipinski definition) is 2. The summed E-state index contributed by atoms with van der Waals surface area (Å²) >= 11 is 3.35. The van der Waals surface area contributed by atoms with Crippen molar-refractivity contribution in [3.63, 3.8) is 0 Å². The molecule has 0 aromatic carbocycles. The van der Waals surface area contributed by atoms with Gasteiger partial charge in [-0.3, -0.25) is 4.98 Å². The number of nitrogens with zero attached hydrogens (tertiary/aromatic N) is 1. The first-order valence-corrected chi connectivity index (χ1v) is 5.47. The van der Waals surface area contributed by atoms with Gasteiger partial charge in [-0.1, -0.05) is 12.8 Å². The van der Waals surface area contributed by atoms with E-state index < -0.39 is 0 Å². The van der Waals surface area contributed by atoms with E-state index >= 15 is 0 Å². The van der Waals surface area contributed by atoms with Gasteiger partial charge in [0.25, 0.3) is 0 Å². The molecule has 1 aliphatic carbocycles. The van der Waals surface area contributed by atoms with Crippen molar-refractivity contribution >= 4 is 21.6 Å². The first-order valence-electron chi connectivity index (χ1n) is 4.68. The fraction of sp³-hybridized carbons (Fsp3) is 0.500. The molecule has 1 aromatic rings. The molecule has 1 aliphatic rings. The van der Waals surface area contributed by atoms with E-state index in [1.54, 1.807) is 0 Å². The molecular formula is C10H13BrN2. The van der Waals surface area contributed by atoms with E-state index in [1.807, 2.05) is 12.3 Å². The van der Waals surface area contributed by atoms with Crippen LogP contribution in [0.2, 0.25) is 0 Å². The summed E-state index contributed by atoms with van der Waals surface area (Å²) in [5, 5.41) is 0. The number of anilines is 1. The molecule has 0 amide bonds. The molecular weight excluding hydrogens is 228 g/mol.